The van der Waals surface area contributed by atoms with Crippen molar-refractivity contribution in [2.45, 2.75) is 32.7 Å². The molecular formula is C20H19Cl2F3N2O4. The van der Waals surface area contributed by atoms with Crippen LogP contribution in [-0.2, 0) is 17.6 Å². The Hall–Kier alpha value is -2.65. The fraction of sp³-hybridized carbons (Fsp3) is 0.300. The summed E-state index contributed by atoms with van der Waals surface area (Å²) in [5.41, 5.74) is -0.315. The lowest BCUT2D eigenvalue weighted by Gasteiger charge is -2.17. The summed E-state index contributed by atoms with van der Waals surface area (Å²) in [6.07, 6.45) is -4.54. The van der Waals surface area contributed by atoms with Crippen LogP contribution in [0.2, 0.25) is 10.0 Å². The smallest absolute Gasteiger partial charge is 0.416 e. The number of ether oxygens (including phenoxy) is 1. The Morgan fingerprint density at radius 1 is 1.10 bits per heavy atom. The van der Waals surface area contributed by atoms with Crippen LogP contribution in [-0.4, -0.2) is 29.6 Å². The number of anilines is 1. The number of alkyl halides is 3. The van der Waals surface area contributed by atoms with Gasteiger partial charge in [0.15, 0.2) is 5.75 Å². The van der Waals surface area contributed by atoms with E-state index >= 15 is 0 Å². The summed E-state index contributed by atoms with van der Waals surface area (Å²) in [4.78, 5) is 22.5. The van der Waals surface area contributed by atoms with Crippen molar-refractivity contribution in [1.82, 2.24) is 5.32 Å². The lowest BCUT2D eigenvalue weighted by atomic mass is 10.1. The first-order valence-corrected chi connectivity index (χ1v) is 9.72. The van der Waals surface area contributed by atoms with Crippen LogP contribution in [0.5, 0.6) is 5.75 Å². The topological polar surface area (TPSA) is 87.7 Å². The summed E-state index contributed by atoms with van der Waals surface area (Å²) in [5.74, 6) is -1.95. The van der Waals surface area contributed by atoms with Crippen molar-refractivity contribution < 1.29 is 32.6 Å². The third kappa shape index (κ3) is 7.22. The molecule has 0 aliphatic carbocycles. The van der Waals surface area contributed by atoms with E-state index in [9.17, 15) is 22.8 Å². The quantitative estimate of drug-likeness (QED) is 0.483. The Bertz CT molecular complexity index is 958. The SMILES string of the molecule is CC(C)Nc1cc(COc2c(Cl)cc(C(=O)NCC(=O)O)cc2Cl)cc(C(F)(F)F)c1. The van der Waals surface area contributed by atoms with Gasteiger partial charge >= 0.3 is 12.1 Å². The van der Waals surface area contributed by atoms with Gasteiger partial charge in [-0.1, -0.05) is 23.2 Å². The molecule has 168 valence electrons. The van der Waals surface area contributed by atoms with E-state index in [0.29, 0.717) is 0 Å². The number of hydrogen-bond donors (Lipinski definition) is 3. The van der Waals surface area contributed by atoms with Crippen LogP contribution in [0.25, 0.3) is 0 Å². The number of benzene rings is 2. The first-order valence-electron chi connectivity index (χ1n) is 8.96. The second-order valence-electron chi connectivity index (χ2n) is 6.85. The van der Waals surface area contributed by atoms with E-state index in [4.69, 9.17) is 33.0 Å². The third-order valence-corrected chi connectivity index (χ3v) is 4.38. The van der Waals surface area contributed by atoms with E-state index in [1.54, 1.807) is 13.8 Å². The van der Waals surface area contributed by atoms with Crippen LogP contribution in [0.1, 0.15) is 35.3 Å². The van der Waals surface area contributed by atoms with E-state index in [-0.39, 0.29) is 45.3 Å². The molecule has 0 aliphatic rings. The fourth-order valence-corrected chi connectivity index (χ4v) is 3.19. The molecule has 0 unspecified atom stereocenters. The maximum absolute atomic E-state index is 13.2. The minimum absolute atomic E-state index is 0.00564. The molecule has 0 aromatic heterocycles. The number of amides is 1. The van der Waals surface area contributed by atoms with E-state index < -0.39 is 30.2 Å². The molecule has 0 heterocycles. The minimum atomic E-state index is -4.54. The van der Waals surface area contributed by atoms with Crippen LogP contribution < -0.4 is 15.4 Å². The molecule has 0 saturated carbocycles. The van der Waals surface area contributed by atoms with Gasteiger partial charge in [-0.25, -0.2) is 0 Å². The van der Waals surface area contributed by atoms with Gasteiger partial charge < -0.3 is 20.5 Å². The van der Waals surface area contributed by atoms with Crippen LogP contribution in [0.3, 0.4) is 0 Å². The van der Waals surface area contributed by atoms with Crippen LogP contribution in [0.15, 0.2) is 30.3 Å². The Kier molecular flexibility index (Phi) is 8.02. The highest BCUT2D eigenvalue weighted by atomic mass is 35.5. The van der Waals surface area contributed by atoms with E-state index in [2.05, 4.69) is 10.6 Å². The van der Waals surface area contributed by atoms with Crippen molar-refractivity contribution in [2.75, 3.05) is 11.9 Å². The predicted octanol–water partition coefficient (Wildman–Crippen LogP) is 5.23. The fourth-order valence-electron chi connectivity index (χ4n) is 2.60. The minimum Gasteiger partial charge on any atom is -0.486 e. The number of nitrogens with one attached hydrogen (secondary N) is 2. The summed E-state index contributed by atoms with van der Waals surface area (Å²) in [5, 5.41) is 13.6. The van der Waals surface area contributed by atoms with Gasteiger partial charge in [-0.05, 0) is 49.7 Å². The summed E-state index contributed by atoms with van der Waals surface area (Å²) >= 11 is 12.2. The molecule has 0 bridgehead atoms. The highest BCUT2D eigenvalue weighted by Gasteiger charge is 2.31. The summed E-state index contributed by atoms with van der Waals surface area (Å²) in [6.45, 7) is 2.74. The van der Waals surface area contributed by atoms with Crippen molar-refractivity contribution in [2.24, 2.45) is 0 Å². The Labute approximate surface area is 186 Å². The highest BCUT2D eigenvalue weighted by molar-refractivity contribution is 6.37. The van der Waals surface area contributed by atoms with Gasteiger partial charge in [0.25, 0.3) is 5.91 Å². The molecule has 2 aromatic rings. The average Bonchev–Trinajstić information content (AvgIpc) is 2.63. The Balaban J connectivity index is 2.24. The highest BCUT2D eigenvalue weighted by Crippen LogP contribution is 2.36. The van der Waals surface area contributed by atoms with Gasteiger partial charge in [0.2, 0.25) is 0 Å². The molecular weight excluding hydrogens is 460 g/mol. The first kappa shape index (κ1) is 24.6. The molecule has 0 aliphatic heterocycles. The molecule has 0 spiro atoms. The lowest BCUT2D eigenvalue weighted by Crippen LogP contribution is -2.29. The molecule has 2 aromatic carbocycles. The average molecular weight is 479 g/mol. The molecule has 0 fully saturated rings. The zero-order valence-electron chi connectivity index (χ0n) is 16.4. The second kappa shape index (κ2) is 10.1. The predicted molar refractivity (Wildman–Crippen MR) is 111 cm³/mol. The van der Waals surface area contributed by atoms with Crippen molar-refractivity contribution in [3.63, 3.8) is 0 Å². The molecule has 0 radical (unpaired) electrons. The maximum Gasteiger partial charge on any atom is 0.416 e. The summed E-state index contributed by atoms with van der Waals surface area (Å²) < 4.78 is 45.2. The number of aliphatic carboxylic acids is 1. The maximum atomic E-state index is 13.2. The van der Waals surface area contributed by atoms with E-state index in [1.165, 1.54) is 18.2 Å². The van der Waals surface area contributed by atoms with E-state index in [0.717, 1.165) is 12.1 Å². The van der Waals surface area contributed by atoms with Gasteiger partial charge in [0.1, 0.15) is 13.2 Å². The zero-order valence-corrected chi connectivity index (χ0v) is 18.0. The number of halogens is 5. The van der Waals surface area contributed by atoms with Gasteiger partial charge in [0, 0.05) is 17.3 Å². The van der Waals surface area contributed by atoms with Crippen molar-refractivity contribution in [1.29, 1.82) is 0 Å². The van der Waals surface area contributed by atoms with Gasteiger partial charge in [-0.15, -0.1) is 0 Å². The number of carbonyl (C=O) groups excluding carboxylic acids is 1. The van der Waals surface area contributed by atoms with Crippen molar-refractivity contribution in [3.8, 4) is 5.75 Å². The monoisotopic (exact) mass is 478 g/mol. The molecule has 2 rings (SSSR count). The van der Waals surface area contributed by atoms with Crippen LogP contribution >= 0.6 is 23.2 Å². The molecule has 3 N–H and O–H groups in total. The number of rotatable bonds is 8. The summed E-state index contributed by atoms with van der Waals surface area (Å²) in [7, 11) is 0. The second-order valence-corrected chi connectivity index (χ2v) is 7.66. The van der Waals surface area contributed by atoms with E-state index in [1.807, 2.05) is 0 Å². The number of hydrogen-bond acceptors (Lipinski definition) is 4. The van der Waals surface area contributed by atoms with Crippen LogP contribution in [0.4, 0.5) is 18.9 Å². The molecule has 31 heavy (non-hydrogen) atoms. The van der Waals surface area contributed by atoms with Gasteiger partial charge in [-0.3, -0.25) is 9.59 Å². The van der Waals surface area contributed by atoms with Gasteiger partial charge in [0.05, 0.1) is 15.6 Å². The number of carbonyl (C=O) groups is 2. The zero-order chi connectivity index (χ0) is 23.3. The largest absolute Gasteiger partial charge is 0.486 e. The summed E-state index contributed by atoms with van der Waals surface area (Å²) in [6, 6.07) is 5.84. The molecule has 1 amide bonds. The number of carboxylic acid groups (broad SMARTS) is 1. The molecule has 0 atom stereocenters. The molecule has 6 nitrogen and oxygen atoms in total. The van der Waals surface area contributed by atoms with Crippen molar-refractivity contribution >= 4 is 40.8 Å². The Morgan fingerprint density at radius 2 is 1.71 bits per heavy atom. The lowest BCUT2D eigenvalue weighted by molar-refractivity contribution is -0.138. The third-order valence-electron chi connectivity index (χ3n) is 3.82. The Morgan fingerprint density at radius 3 is 2.23 bits per heavy atom. The normalized spacial score (nSPS) is 11.4. The molecule has 11 heteroatoms. The first-order chi connectivity index (χ1) is 14.4. The van der Waals surface area contributed by atoms with Crippen LogP contribution in [0, 0.1) is 0 Å². The molecule has 0 saturated heterocycles. The van der Waals surface area contributed by atoms with Crippen molar-refractivity contribution in [3.05, 3.63) is 57.1 Å². The standard InChI is InChI=1S/C20H19Cl2F3N2O4/c1-10(2)27-14-4-11(3-13(7-14)20(23,24)25)9-31-18-15(21)5-12(6-16(18)22)19(30)26-8-17(28)29/h3-7,10,27H,8-9H2,1-2H3,(H,26,30)(H,28,29). The number of carboxylic acids is 1. The van der Waals surface area contributed by atoms with Gasteiger partial charge in [-0.2, -0.15) is 13.2 Å².